The first-order valence-corrected chi connectivity index (χ1v) is 7.59. The molecule has 2 aromatic rings. The molecule has 2 rings (SSSR count). The summed E-state index contributed by atoms with van der Waals surface area (Å²) in [6.45, 7) is 0. The van der Waals surface area contributed by atoms with E-state index in [-0.39, 0.29) is 4.90 Å². The van der Waals surface area contributed by atoms with E-state index in [1.165, 1.54) is 12.1 Å². The molecule has 0 aliphatic rings. The van der Waals surface area contributed by atoms with Crippen molar-refractivity contribution in [1.82, 2.24) is 0 Å². The van der Waals surface area contributed by atoms with Crippen LogP contribution in [-0.2, 0) is 16.6 Å². The largest absolute Gasteiger partial charge is 0.254 e. The molecule has 21 heavy (non-hydrogen) atoms. The Morgan fingerprint density at radius 3 is 1.86 bits per heavy atom. The predicted molar refractivity (Wildman–Crippen MR) is 70.5 cm³/mol. The Labute approximate surface area is 127 Å². The second-order valence-electron chi connectivity index (χ2n) is 3.97. The summed E-state index contributed by atoms with van der Waals surface area (Å²) in [6, 6.07) is 6.14. The van der Waals surface area contributed by atoms with Crippen LogP contribution in [0.5, 0.6) is 0 Å². The summed E-state index contributed by atoms with van der Waals surface area (Å²) < 4.78 is 78.5. The van der Waals surface area contributed by atoms with Crippen molar-refractivity contribution in [1.29, 1.82) is 0 Å². The second-order valence-corrected chi connectivity index (χ2v) is 6.24. The molecule has 8 heteroatoms. The van der Waals surface area contributed by atoms with E-state index in [0.29, 0.717) is 4.47 Å². The number of benzene rings is 2. The zero-order chi connectivity index (χ0) is 15.7. The Morgan fingerprint density at radius 1 is 0.857 bits per heavy atom. The van der Waals surface area contributed by atoms with E-state index < -0.39 is 51.2 Å². The summed E-state index contributed by atoms with van der Waals surface area (Å²) in [7, 11) is -1.97. The van der Waals surface area contributed by atoms with Gasteiger partial charge in [0.2, 0.25) is 5.82 Å². The monoisotopic (exact) mass is 384 g/mol. The van der Waals surface area contributed by atoms with Gasteiger partial charge in [0.15, 0.2) is 23.3 Å². The average Bonchev–Trinajstić information content (AvgIpc) is 2.48. The molecule has 0 heterocycles. The minimum atomic E-state index is -2.24. The first-order valence-electron chi connectivity index (χ1n) is 5.47. The summed E-state index contributed by atoms with van der Waals surface area (Å²) in [4.78, 5) is 0.196. The van der Waals surface area contributed by atoms with Gasteiger partial charge in [0.25, 0.3) is 0 Å². The lowest BCUT2D eigenvalue weighted by atomic mass is 10.2. The molecule has 0 saturated heterocycles. The standard InChI is InChI=1S/C13H6BrF5OS/c14-7-3-1-2-4-8(7)21(20)5-6-9(15)11(17)13(19)12(18)10(6)16/h1-4H,5H2/t21-/m1/s1. The summed E-state index contributed by atoms with van der Waals surface area (Å²) in [5.41, 5.74) is -1.10. The van der Waals surface area contributed by atoms with Crippen molar-refractivity contribution in [2.24, 2.45) is 0 Å². The Balaban J connectivity index is 2.46. The Kier molecular flexibility index (Phi) is 4.77. The van der Waals surface area contributed by atoms with Gasteiger partial charge in [-0.15, -0.1) is 0 Å². The van der Waals surface area contributed by atoms with Crippen LogP contribution in [0.3, 0.4) is 0 Å². The Bertz CT molecular complexity index is 706. The Morgan fingerprint density at radius 2 is 1.33 bits per heavy atom. The second kappa shape index (κ2) is 6.23. The van der Waals surface area contributed by atoms with Gasteiger partial charge in [-0.1, -0.05) is 12.1 Å². The van der Waals surface area contributed by atoms with Crippen LogP contribution in [-0.4, -0.2) is 4.21 Å². The maximum atomic E-state index is 13.5. The van der Waals surface area contributed by atoms with Gasteiger partial charge in [-0.3, -0.25) is 4.21 Å². The van der Waals surface area contributed by atoms with E-state index in [2.05, 4.69) is 15.9 Å². The molecule has 1 atom stereocenters. The third kappa shape index (κ3) is 3.01. The van der Waals surface area contributed by atoms with Crippen LogP contribution in [0.25, 0.3) is 0 Å². The van der Waals surface area contributed by atoms with Crippen LogP contribution < -0.4 is 0 Å². The molecule has 0 fully saturated rings. The number of hydrogen-bond donors (Lipinski definition) is 0. The third-order valence-corrected chi connectivity index (χ3v) is 5.01. The smallest absolute Gasteiger partial charge is 0.200 e. The molecule has 0 N–H and O–H groups in total. The molecular formula is C13H6BrF5OS. The summed E-state index contributed by atoms with van der Waals surface area (Å²) in [5.74, 6) is -11.1. The van der Waals surface area contributed by atoms with Crippen LogP contribution in [0.1, 0.15) is 5.56 Å². The lowest BCUT2D eigenvalue weighted by molar-refractivity contribution is 0.372. The van der Waals surface area contributed by atoms with Crippen LogP contribution in [0.15, 0.2) is 33.6 Å². The minimum absolute atomic E-state index is 0.196. The predicted octanol–water partition coefficient (Wildman–Crippen LogP) is 4.45. The van der Waals surface area contributed by atoms with Gasteiger partial charge in [0, 0.05) is 10.0 Å². The van der Waals surface area contributed by atoms with E-state index in [1.807, 2.05) is 0 Å². The number of hydrogen-bond acceptors (Lipinski definition) is 1. The summed E-state index contributed by atoms with van der Waals surface area (Å²) >= 11 is 3.10. The molecule has 0 bridgehead atoms. The van der Waals surface area contributed by atoms with Gasteiger partial charge < -0.3 is 0 Å². The van der Waals surface area contributed by atoms with E-state index in [4.69, 9.17) is 0 Å². The highest BCUT2D eigenvalue weighted by molar-refractivity contribution is 9.10. The highest BCUT2D eigenvalue weighted by atomic mass is 79.9. The molecule has 0 aromatic heterocycles. The molecular weight excluding hydrogens is 379 g/mol. The zero-order valence-electron chi connectivity index (χ0n) is 10.1. The van der Waals surface area contributed by atoms with Gasteiger partial charge in [0.05, 0.1) is 21.4 Å². The number of rotatable bonds is 3. The van der Waals surface area contributed by atoms with Gasteiger partial charge in [-0.2, -0.15) is 0 Å². The number of halogens is 6. The van der Waals surface area contributed by atoms with Gasteiger partial charge in [-0.05, 0) is 28.1 Å². The van der Waals surface area contributed by atoms with Gasteiger partial charge >= 0.3 is 0 Å². The average molecular weight is 385 g/mol. The quantitative estimate of drug-likeness (QED) is 0.434. The van der Waals surface area contributed by atoms with E-state index in [0.717, 1.165) is 0 Å². The topological polar surface area (TPSA) is 17.1 Å². The molecule has 1 nitrogen and oxygen atoms in total. The zero-order valence-corrected chi connectivity index (χ0v) is 12.5. The normalized spacial score (nSPS) is 12.5. The van der Waals surface area contributed by atoms with Crippen molar-refractivity contribution in [3.05, 3.63) is 63.4 Å². The molecule has 0 aliphatic heterocycles. The minimum Gasteiger partial charge on any atom is -0.254 e. The lowest BCUT2D eigenvalue weighted by Crippen LogP contribution is -2.09. The highest BCUT2D eigenvalue weighted by Crippen LogP contribution is 2.27. The van der Waals surface area contributed by atoms with Crippen LogP contribution in [0.4, 0.5) is 22.0 Å². The molecule has 0 spiro atoms. The first-order chi connectivity index (χ1) is 9.84. The fourth-order valence-electron chi connectivity index (χ4n) is 1.62. The maximum absolute atomic E-state index is 13.5. The molecule has 0 radical (unpaired) electrons. The van der Waals surface area contributed by atoms with Crippen molar-refractivity contribution in [3.63, 3.8) is 0 Å². The molecule has 2 aromatic carbocycles. The molecule has 0 aliphatic carbocycles. The molecule has 0 amide bonds. The van der Waals surface area contributed by atoms with Crippen molar-refractivity contribution in [3.8, 4) is 0 Å². The van der Waals surface area contributed by atoms with Crippen LogP contribution in [0, 0.1) is 29.1 Å². The van der Waals surface area contributed by atoms with Crippen LogP contribution in [0.2, 0.25) is 0 Å². The van der Waals surface area contributed by atoms with Crippen molar-refractivity contribution < 1.29 is 26.2 Å². The van der Waals surface area contributed by atoms with Crippen LogP contribution >= 0.6 is 15.9 Å². The fourth-order valence-corrected chi connectivity index (χ4v) is 3.63. The molecule has 0 saturated carbocycles. The third-order valence-electron chi connectivity index (χ3n) is 2.66. The van der Waals surface area contributed by atoms with E-state index in [9.17, 15) is 26.2 Å². The Hall–Kier alpha value is -1.28. The summed E-state index contributed by atoms with van der Waals surface area (Å²) in [5, 5.41) is 0. The van der Waals surface area contributed by atoms with E-state index in [1.54, 1.807) is 12.1 Å². The van der Waals surface area contributed by atoms with Crippen molar-refractivity contribution >= 4 is 26.7 Å². The van der Waals surface area contributed by atoms with Gasteiger partial charge in [-0.25, -0.2) is 22.0 Å². The lowest BCUT2D eigenvalue weighted by Gasteiger charge is -2.09. The van der Waals surface area contributed by atoms with Gasteiger partial charge in [0.1, 0.15) is 0 Å². The van der Waals surface area contributed by atoms with Crippen molar-refractivity contribution in [2.75, 3.05) is 0 Å². The molecule has 112 valence electrons. The van der Waals surface area contributed by atoms with Crippen molar-refractivity contribution in [2.45, 2.75) is 10.6 Å². The first kappa shape index (κ1) is 16.1. The highest BCUT2D eigenvalue weighted by Gasteiger charge is 2.27. The molecule has 0 unspecified atom stereocenters. The van der Waals surface area contributed by atoms with E-state index >= 15 is 0 Å². The SMILES string of the molecule is O=[S@](Cc1c(F)c(F)c(F)c(F)c1F)c1ccccc1Br. The maximum Gasteiger partial charge on any atom is 0.200 e. The summed E-state index contributed by atoms with van der Waals surface area (Å²) in [6.07, 6.45) is 0. The fraction of sp³-hybridized carbons (Fsp3) is 0.0769.